The van der Waals surface area contributed by atoms with Gasteiger partial charge in [0.2, 0.25) is 10.0 Å². The van der Waals surface area contributed by atoms with Crippen molar-refractivity contribution in [3.8, 4) is 0 Å². The highest BCUT2D eigenvalue weighted by Crippen LogP contribution is 2.47. The first kappa shape index (κ1) is 28.3. The van der Waals surface area contributed by atoms with Crippen molar-refractivity contribution in [3.05, 3.63) is 45.8 Å². The normalized spacial score (nSPS) is 21.5. The Bertz CT molecular complexity index is 1420. The predicted octanol–water partition coefficient (Wildman–Crippen LogP) is 5.48. The molecule has 2 fully saturated rings. The highest BCUT2D eigenvalue weighted by atomic mass is 127. The zero-order chi connectivity index (χ0) is 27.0. The number of rotatable bonds is 6. The van der Waals surface area contributed by atoms with Crippen molar-refractivity contribution in [3.63, 3.8) is 0 Å². The molecule has 38 heavy (non-hydrogen) atoms. The van der Waals surface area contributed by atoms with Crippen molar-refractivity contribution in [1.82, 2.24) is 4.31 Å². The molecule has 5 rings (SSSR count). The van der Waals surface area contributed by atoms with E-state index in [4.69, 9.17) is 9.73 Å². The maximum atomic E-state index is 12.8. The number of sulfonamides is 1. The topological polar surface area (TPSA) is 65.5 Å². The zero-order valence-corrected chi connectivity index (χ0v) is 26.6. The smallest absolute Gasteiger partial charge is 0.216 e. The second-order valence-electron chi connectivity index (χ2n) is 10.6. The van der Waals surface area contributed by atoms with Crippen LogP contribution in [0.15, 0.2) is 40.2 Å². The molecule has 0 aliphatic carbocycles. The van der Waals surface area contributed by atoms with E-state index >= 15 is 0 Å². The van der Waals surface area contributed by atoms with Gasteiger partial charge in [0.1, 0.15) is 0 Å². The van der Waals surface area contributed by atoms with Crippen molar-refractivity contribution < 1.29 is 13.2 Å². The first-order chi connectivity index (χ1) is 18.2. The second kappa shape index (κ2) is 11.7. The maximum absolute atomic E-state index is 12.8. The second-order valence-corrected chi connectivity index (χ2v) is 17.2. The minimum absolute atomic E-state index is 0.145. The number of halogens is 1. The van der Waals surface area contributed by atoms with Gasteiger partial charge in [-0.15, -0.1) is 0 Å². The van der Waals surface area contributed by atoms with E-state index in [0.29, 0.717) is 25.6 Å². The van der Waals surface area contributed by atoms with Crippen LogP contribution in [0.25, 0.3) is 0 Å². The lowest BCUT2D eigenvalue weighted by Gasteiger charge is -2.30. The van der Waals surface area contributed by atoms with Gasteiger partial charge >= 0.3 is 0 Å². The summed E-state index contributed by atoms with van der Waals surface area (Å²) in [5.41, 5.74) is 4.82. The maximum Gasteiger partial charge on any atom is 0.216 e. The molecule has 3 aliphatic rings. The number of morpholine rings is 1. The van der Waals surface area contributed by atoms with Gasteiger partial charge in [0.25, 0.3) is 0 Å². The van der Waals surface area contributed by atoms with Gasteiger partial charge in [-0.05, 0) is 89.7 Å². The highest BCUT2D eigenvalue weighted by molar-refractivity contribution is 14.2. The van der Waals surface area contributed by atoms with Gasteiger partial charge < -0.3 is 14.5 Å². The van der Waals surface area contributed by atoms with Crippen LogP contribution in [-0.2, 0) is 14.8 Å². The molecule has 0 radical (unpaired) electrons. The summed E-state index contributed by atoms with van der Waals surface area (Å²) in [6.45, 7) is 14.1. The number of hydrogen-bond acceptors (Lipinski definition) is 6. The van der Waals surface area contributed by atoms with E-state index in [9.17, 15) is 8.42 Å². The fourth-order valence-corrected chi connectivity index (χ4v) is 10.0. The highest BCUT2D eigenvalue weighted by Gasteiger charge is 2.28. The lowest BCUT2D eigenvalue weighted by atomic mass is 9.97. The molecule has 0 saturated carbocycles. The fraction of sp³-hybridized carbons (Fsp3) is 0.571. The van der Waals surface area contributed by atoms with Gasteiger partial charge in [-0.1, -0.05) is 21.5 Å². The molecule has 0 N–H and O–H groups in total. The van der Waals surface area contributed by atoms with Gasteiger partial charge in [0.05, 0.1) is 29.5 Å². The van der Waals surface area contributed by atoms with Gasteiger partial charge in [0, 0.05) is 60.0 Å². The summed E-state index contributed by atoms with van der Waals surface area (Å²) >= 11 is 2.61. The molecular weight excluding hydrogens is 631 g/mol. The van der Waals surface area contributed by atoms with E-state index in [0.717, 1.165) is 56.7 Å². The molecule has 2 aromatic rings. The van der Waals surface area contributed by atoms with Crippen molar-refractivity contribution in [2.75, 3.05) is 62.3 Å². The molecule has 208 valence electrons. The number of ether oxygens (including phenoxy) is 1. The zero-order valence-electron chi connectivity index (χ0n) is 22.8. The SMILES string of the molecule is CCC(C)c1cc(N2CCCN(S(=O)(=O)C(C)C)CC2)cc2c1=Nc1ccc(N3CCOCC3)cc1S=2I. The molecule has 2 atom stereocenters. The van der Waals surface area contributed by atoms with Gasteiger partial charge in [0.15, 0.2) is 0 Å². The predicted molar refractivity (Wildman–Crippen MR) is 167 cm³/mol. The number of fused-ring (bicyclic) bond motifs is 2. The molecule has 3 heterocycles. The van der Waals surface area contributed by atoms with Crippen LogP contribution in [0.4, 0.5) is 17.1 Å². The molecule has 2 unspecified atom stereocenters. The van der Waals surface area contributed by atoms with E-state index in [-0.39, 0.29) is 12.9 Å². The Morgan fingerprint density at radius 3 is 2.42 bits per heavy atom. The Balaban J connectivity index is 1.55. The van der Waals surface area contributed by atoms with Crippen LogP contribution < -0.4 is 15.2 Å². The summed E-state index contributed by atoms with van der Waals surface area (Å²) in [4.78, 5) is 11.3. The summed E-state index contributed by atoms with van der Waals surface area (Å²) in [6, 6.07) is 11.4. The molecular formula is C28H39IN4O3S2. The summed E-state index contributed by atoms with van der Waals surface area (Å²) in [5.74, 6) is 0.389. The van der Waals surface area contributed by atoms with Crippen LogP contribution in [0.3, 0.4) is 0 Å². The molecule has 0 aromatic heterocycles. The Morgan fingerprint density at radius 2 is 1.71 bits per heavy atom. The largest absolute Gasteiger partial charge is 0.378 e. The average Bonchev–Trinajstić information content (AvgIpc) is 3.20. The minimum Gasteiger partial charge on any atom is -0.378 e. The number of anilines is 2. The molecule has 7 nitrogen and oxygen atoms in total. The first-order valence-electron chi connectivity index (χ1n) is 13.7. The lowest BCUT2D eigenvalue weighted by Crippen LogP contribution is -2.39. The molecule has 2 saturated heterocycles. The Kier molecular flexibility index (Phi) is 8.74. The molecule has 0 bridgehead atoms. The molecule has 3 aliphatic heterocycles. The van der Waals surface area contributed by atoms with Crippen LogP contribution in [0, 0.1) is 4.51 Å². The third-order valence-corrected chi connectivity index (χ3v) is 14.5. The van der Waals surface area contributed by atoms with Crippen molar-refractivity contribution in [2.24, 2.45) is 4.99 Å². The minimum atomic E-state index is -3.24. The van der Waals surface area contributed by atoms with Crippen molar-refractivity contribution >= 4 is 55.9 Å². The molecule has 0 amide bonds. The number of benzene rings is 2. The summed E-state index contributed by atoms with van der Waals surface area (Å²) in [7, 11) is -3.39. The average molecular weight is 671 g/mol. The van der Waals surface area contributed by atoms with Crippen LogP contribution >= 0.6 is 28.9 Å². The van der Waals surface area contributed by atoms with Crippen molar-refractivity contribution in [1.29, 1.82) is 0 Å². The quantitative estimate of drug-likeness (QED) is 0.301. The Hall–Kier alpha value is -1.21. The standard InChI is InChI=1S/C28H39IN4O3S2/c1-5-21(4)24-17-23(31-9-6-10-33(12-11-31)38(34,35)20(2)3)19-27-28(24)30-25-8-7-22(18-26(25)37(27)29)32-13-15-36-16-14-32/h7-8,17-21H,5-6,9-16H2,1-4H3. The Morgan fingerprint density at radius 1 is 0.974 bits per heavy atom. The van der Waals surface area contributed by atoms with E-state index in [1.54, 1.807) is 18.2 Å². The third kappa shape index (κ3) is 5.53. The van der Waals surface area contributed by atoms with Gasteiger partial charge in [-0.3, -0.25) is 0 Å². The van der Waals surface area contributed by atoms with Crippen LogP contribution in [-0.4, -0.2) is 70.5 Å². The first-order valence-corrected chi connectivity index (χ1v) is 19.0. The Labute approximate surface area is 241 Å². The van der Waals surface area contributed by atoms with Crippen LogP contribution in [0.5, 0.6) is 0 Å². The van der Waals surface area contributed by atoms with Crippen molar-refractivity contribution in [2.45, 2.75) is 56.6 Å². The van der Waals surface area contributed by atoms with E-state index in [1.807, 2.05) is 0 Å². The monoisotopic (exact) mass is 670 g/mol. The number of hydrogen-bond donors (Lipinski definition) is 0. The molecule has 10 heteroatoms. The van der Waals surface area contributed by atoms with Crippen LogP contribution in [0.1, 0.15) is 52.0 Å². The lowest BCUT2D eigenvalue weighted by molar-refractivity contribution is 0.122. The molecule has 0 spiro atoms. The van der Waals surface area contributed by atoms with E-state index in [2.05, 4.69) is 75.2 Å². The summed E-state index contributed by atoms with van der Waals surface area (Å²) in [6.07, 6.45) is 1.87. The van der Waals surface area contributed by atoms with Gasteiger partial charge in [-0.2, -0.15) is 4.31 Å². The van der Waals surface area contributed by atoms with Gasteiger partial charge in [-0.25, -0.2) is 13.4 Å². The molecule has 2 aromatic carbocycles. The summed E-state index contributed by atoms with van der Waals surface area (Å²) in [5, 5.41) is 0.742. The third-order valence-electron chi connectivity index (χ3n) is 7.95. The van der Waals surface area contributed by atoms with E-state index < -0.39 is 10.0 Å². The summed E-state index contributed by atoms with van der Waals surface area (Å²) < 4.78 is 34.2. The number of nitrogens with zero attached hydrogens (tertiary/aromatic N) is 4. The van der Waals surface area contributed by atoms with Crippen LogP contribution in [0.2, 0.25) is 0 Å². The fourth-order valence-electron chi connectivity index (χ4n) is 5.35. The van der Waals surface area contributed by atoms with E-state index in [1.165, 1.54) is 26.3 Å².